The van der Waals surface area contributed by atoms with Crippen molar-refractivity contribution in [1.29, 1.82) is 0 Å². The molecule has 0 saturated carbocycles. The average Bonchev–Trinajstić information content (AvgIpc) is 2.30. The van der Waals surface area contributed by atoms with E-state index >= 15 is 0 Å². The summed E-state index contributed by atoms with van der Waals surface area (Å²) in [4.78, 5) is 4.62. The molecule has 17 heavy (non-hydrogen) atoms. The number of rotatable bonds is 3. The number of hydrogen-bond acceptors (Lipinski definition) is 2. The van der Waals surface area contributed by atoms with E-state index in [1.165, 1.54) is 0 Å². The average molecular weight is 315 g/mol. The van der Waals surface area contributed by atoms with Gasteiger partial charge in [0.2, 0.25) is 0 Å². The summed E-state index contributed by atoms with van der Waals surface area (Å²) in [7, 11) is 1.63. The third kappa shape index (κ3) is 2.55. The summed E-state index contributed by atoms with van der Waals surface area (Å²) in [5, 5.41) is 1.63. The van der Waals surface area contributed by atoms with Gasteiger partial charge in [0.1, 0.15) is 11.3 Å². The maximum Gasteiger partial charge on any atom is 0.146 e. The minimum Gasteiger partial charge on any atom is -0.494 e. The smallest absolute Gasteiger partial charge is 0.146 e. The maximum absolute atomic E-state index is 6.05. The van der Waals surface area contributed by atoms with E-state index in [0.29, 0.717) is 10.8 Å². The van der Waals surface area contributed by atoms with Crippen molar-refractivity contribution < 1.29 is 4.74 Å². The molecule has 0 spiro atoms. The highest BCUT2D eigenvalue weighted by Crippen LogP contribution is 2.33. The second-order valence-electron chi connectivity index (χ2n) is 3.85. The van der Waals surface area contributed by atoms with Crippen LogP contribution in [0.25, 0.3) is 10.9 Å². The van der Waals surface area contributed by atoms with Crippen molar-refractivity contribution in [3.63, 3.8) is 0 Å². The number of hydrogen-bond donors (Lipinski definition) is 0. The van der Waals surface area contributed by atoms with Crippen LogP contribution in [0.1, 0.15) is 19.0 Å². The predicted molar refractivity (Wildman–Crippen MR) is 75.0 cm³/mol. The molecule has 2 aromatic rings. The van der Waals surface area contributed by atoms with Crippen molar-refractivity contribution in [3.8, 4) is 5.75 Å². The van der Waals surface area contributed by atoms with Gasteiger partial charge < -0.3 is 4.74 Å². The van der Waals surface area contributed by atoms with Crippen molar-refractivity contribution in [2.24, 2.45) is 0 Å². The molecule has 2 nitrogen and oxygen atoms in total. The van der Waals surface area contributed by atoms with Gasteiger partial charge in [-0.1, -0.05) is 40.9 Å². The fourth-order valence-corrected chi connectivity index (χ4v) is 2.59. The summed E-state index contributed by atoms with van der Waals surface area (Å²) in [6, 6.07) is 5.73. The molecule has 0 aliphatic rings. The lowest BCUT2D eigenvalue weighted by atomic mass is 10.1. The first-order chi connectivity index (χ1) is 8.15. The number of benzene rings is 1. The van der Waals surface area contributed by atoms with Crippen molar-refractivity contribution in [2.75, 3.05) is 7.11 Å². The molecule has 90 valence electrons. The van der Waals surface area contributed by atoms with E-state index in [1.807, 2.05) is 12.1 Å². The SMILES string of the molecule is CCCc1cc(Br)c2cc(Cl)cc(OC)c2n1. The Morgan fingerprint density at radius 1 is 1.35 bits per heavy atom. The van der Waals surface area contributed by atoms with E-state index in [4.69, 9.17) is 16.3 Å². The second kappa shape index (κ2) is 5.23. The zero-order valence-corrected chi connectivity index (χ0v) is 12.1. The van der Waals surface area contributed by atoms with Crippen molar-refractivity contribution in [3.05, 3.63) is 33.4 Å². The lowest BCUT2D eigenvalue weighted by molar-refractivity contribution is 0.419. The minimum absolute atomic E-state index is 0.653. The Hall–Kier alpha value is -0.800. The highest BCUT2D eigenvalue weighted by Gasteiger charge is 2.10. The molecule has 1 aromatic carbocycles. The van der Waals surface area contributed by atoms with Gasteiger partial charge in [-0.3, -0.25) is 0 Å². The molecule has 1 aromatic heterocycles. The molecular weight excluding hydrogens is 302 g/mol. The third-order valence-electron chi connectivity index (χ3n) is 2.57. The summed E-state index contributed by atoms with van der Waals surface area (Å²) in [5.41, 5.74) is 1.92. The first-order valence-corrected chi connectivity index (χ1v) is 6.65. The molecule has 0 saturated heterocycles. The second-order valence-corrected chi connectivity index (χ2v) is 5.14. The molecule has 4 heteroatoms. The van der Waals surface area contributed by atoms with Crippen LogP contribution >= 0.6 is 27.5 Å². The maximum atomic E-state index is 6.05. The summed E-state index contributed by atoms with van der Waals surface area (Å²) in [6.07, 6.45) is 2.03. The van der Waals surface area contributed by atoms with Gasteiger partial charge in [-0.05, 0) is 18.6 Å². The normalized spacial score (nSPS) is 10.8. The van der Waals surface area contributed by atoms with E-state index in [9.17, 15) is 0 Å². The molecule has 2 rings (SSSR count). The summed E-state index contributed by atoms with van der Waals surface area (Å²) in [5.74, 6) is 0.714. The Morgan fingerprint density at radius 2 is 2.12 bits per heavy atom. The zero-order valence-electron chi connectivity index (χ0n) is 9.76. The number of nitrogens with zero attached hydrogens (tertiary/aromatic N) is 1. The van der Waals surface area contributed by atoms with E-state index in [-0.39, 0.29) is 0 Å². The van der Waals surface area contributed by atoms with Crippen molar-refractivity contribution in [2.45, 2.75) is 19.8 Å². The van der Waals surface area contributed by atoms with Crippen LogP contribution in [-0.4, -0.2) is 12.1 Å². The van der Waals surface area contributed by atoms with Crippen LogP contribution in [0, 0.1) is 0 Å². The van der Waals surface area contributed by atoms with Crippen LogP contribution in [0.4, 0.5) is 0 Å². The number of aryl methyl sites for hydroxylation is 1. The monoisotopic (exact) mass is 313 g/mol. The fourth-order valence-electron chi connectivity index (χ4n) is 1.81. The van der Waals surface area contributed by atoms with Gasteiger partial charge in [0.05, 0.1) is 7.11 Å². The van der Waals surface area contributed by atoms with Crippen LogP contribution in [0.2, 0.25) is 5.02 Å². The lowest BCUT2D eigenvalue weighted by Crippen LogP contribution is -1.94. The predicted octanol–water partition coefficient (Wildman–Crippen LogP) is 4.61. The Morgan fingerprint density at radius 3 is 2.76 bits per heavy atom. The lowest BCUT2D eigenvalue weighted by Gasteiger charge is -2.09. The largest absolute Gasteiger partial charge is 0.494 e. The Bertz CT molecular complexity index is 557. The minimum atomic E-state index is 0.653. The van der Waals surface area contributed by atoms with E-state index in [0.717, 1.165) is 33.9 Å². The molecule has 0 radical (unpaired) electrons. The number of fused-ring (bicyclic) bond motifs is 1. The highest BCUT2D eigenvalue weighted by molar-refractivity contribution is 9.10. The molecular formula is C13H13BrClNO. The van der Waals surface area contributed by atoms with Crippen LogP contribution in [-0.2, 0) is 6.42 Å². The number of halogens is 2. The van der Waals surface area contributed by atoms with Gasteiger partial charge in [-0.25, -0.2) is 4.98 Å². The topological polar surface area (TPSA) is 22.1 Å². The molecule has 0 bridgehead atoms. The fraction of sp³-hybridized carbons (Fsp3) is 0.308. The molecule has 0 unspecified atom stereocenters. The van der Waals surface area contributed by atoms with Crippen LogP contribution in [0.5, 0.6) is 5.75 Å². The Labute approximate surface area is 114 Å². The molecule has 1 heterocycles. The molecule has 0 atom stereocenters. The molecule has 0 aliphatic carbocycles. The van der Waals surface area contributed by atoms with Crippen molar-refractivity contribution in [1.82, 2.24) is 4.98 Å². The summed E-state index contributed by atoms with van der Waals surface area (Å²) in [6.45, 7) is 2.14. The summed E-state index contributed by atoms with van der Waals surface area (Å²) >= 11 is 9.61. The Kier molecular flexibility index (Phi) is 3.89. The first kappa shape index (κ1) is 12.7. The van der Waals surface area contributed by atoms with Gasteiger partial charge in [0.25, 0.3) is 0 Å². The van der Waals surface area contributed by atoms with Gasteiger partial charge >= 0.3 is 0 Å². The first-order valence-electron chi connectivity index (χ1n) is 5.48. The van der Waals surface area contributed by atoms with E-state index in [1.54, 1.807) is 13.2 Å². The highest BCUT2D eigenvalue weighted by atomic mass is 79.9. The number of ether oxygens (including phenoxy) is 1. The zero-order chi connectivity index (χ0) is 12.4. The number of pyridine rings is 1. The van der Waals surface area contributed by atoms with Gasteiger partial charge in [0.15, 0.2) is 0 Å². The van der Waals surface area contributed by atoms with E-state index < -0.39 is 0 Å². The quantitative estimate of drug-likeness (QED) is 0.825. The standard InChI is InChI=1S/C13H13BrClNO/c1-3-4-9-7-11(14)10-5-8(15)6-12(17-2)13(10)16-9/h5-7H,3-4H2,1-2H3. The van der Waals surface area contributed by atoms with Crippen LogP contribution < -0.4 is 4.74 Å². The summed E-state index contributed by atoms with van der Waals surface area (Å²) < 4.78 is 6.33. The number of aromatic nitrogens is 1. The molecule has 0 aliphatic heterocycles. The van der Waals surface area contributed by atoms with Crippen LogP contribution in [0.15, 0.2) is 22.7 Å². The van der Waals surface area contributed by atoms with Gasteiger partial charge in [0, 0.05) is 26.6 Å². The molecule has 0 N–H and O–H groups in total. The number of methoxy groups -OCH3 is 1. The van der Waals surface area contributed by atoms with Crippen molar-refractivity contribution >= 4 is 38.4 Å². The van der Waals surface area contributed by atoms with E-state index in [2.05, 4.69) is 27.8 Å². The van der Waals surface area contributed by atoms with Crippen LogP contribution in [0.3, 0.4) is 0 Å². The molecule has 0 fully saturated rings. The van der Waals surface area contributed by atoms with Gasteiger partial charge in [-0.15, -0.1) is 0 Å². The Balaban J connectivity index is 2.72. The van der Waals surface area contributed by atoms with Gasteiger partial charge in [-0.2, -0.15) is 0 Å². The third-order valence-corrected chi connectivity index (χ3v) is 3.45. The molecule has 0 amide bonds.